The summed E-state index contributed by atoms with van der Waals surface area (Å²) in [7, 11) is 0. The maximum Gasteiger partial charge on any atom is 0.147 e. The summed E-state index contributed by atoms with van der Waals surface area (Å²) >= 11 is 0. The predicted octanol–water partition coefficient (Wildman–Crippen LogP) is 4.97. The summed E-state index contributed by atoms with van der Waals surface area (Å²) in [4.78, 5) is 12.8. The van der Waals surface area contributed by atoms with E-state index in [0.717, 1.165) is 12.8 Å². The Labute approximate surface area is 117 Å². The summed E-state index contributed by atoms with van der Waals surface area (Å²) in [6, 6.07) is 0. The maximum atomic E-state index is 12.8. The third kappa shape index (κ3) is 2.85. The minimum atomic E-state index is 0.280. The number of carbonyl (C=O) groups is 1. The van der Waals surface area contributed by atoms with Crippen LogP contribution in [0.4, 0.5) is 0 Å². The van der Waals surface area contributed by atoms with Crippen molar-refractivity contribution in [3.05, 3.63) is 23.3 Å². The molecule has 1 nitrogen and oxygen atoms in total. The Kier molecular flexibility index (Phi) is 4.20. The van der Waals surface area contributed by atoms with Gasteiger partial charge in [-0.25, -0.2) is 0 Å². The van der Waals surface area contributed by atoms with E-state index >= 15 is 0 Å². The monoisotopic (exact) mass is 258 g/mol. The second kappa shape index (κ2) is 6.07. The highest BCUT2D eigenvalue weighted by atomic mass is 16.1. The molecule has 0 aromatic rings. The number of allylic oxidation sites excluding steroid dienone is 4. The average Bonchev–Trinajstić information content (AvgIpc) is 2.49. The van der Waals surface area contributed by atoms with E-state index in [1.54, 1.807) is 0 Å². The quantitative estimate of drug-likeness (QED) is 0.639. The zero-order chi connectivity index (χ0) is 13.1. The topological polar surface area (TPSA) is 17.1 Å². The van der Waals surface area contributed by atoms with Crippen molar-refractivity contribution < 1.29 is 4.79 Å². The molecule has 0 bridgehead atoms. The molecule has 0 spiro atoms. The van der Waals surface area contributed by atoms with Crippen molar-refractivity contribution in [1.82, 2.24) is 0 Å². The second-order valence-electron chi connectivity index (χ2n) is 6.49. The fraction of sp³-hybridized carbons (Fsp3) is 0.722. The van der Waals surface area contributed by atoms with Crippen molar-refractivity contribution in [2.24, 2.45) is 11.8 Å². The van der Waals surface area contributed by atoms with Gasteiger partial charge < -0.3 is 0 Å². The molecule has 0 saturated heterocycles. The van der Waals surface area contributed by atoms with E-state index in [1.807, 2.05) is 0 Å². The maximum absolute atomic E-state index is 12.8. The lowest BCUT2D eigenvalue weighted by atomic mass is 9.70. The van der Waals surface area contributed by atoms with Gasteiger partial charge in [-0.1, -0.05) is 29.7 Å². The van der Waals surface area contributed by atoms with Crippen molar-refractivity contribution in [3.63, 3.8) is 0 Å². The van der Waals surface area contributed by atoms with Crippen LogP contribution in [0.15, 0.2) is 23.3 Å². The fourth-order valence-corrected chi connectivity index (χ4v) is 4.15. The molecule has 104 valence electrons. The molecule has 1 heteroatoms. The molecule has 3 aliphatic carbocycles. The molecule has 2 unspecified atom stereocenters. The van der Waals surface area contributed by atoms with Gasteiger partial charge in [0.15, 0.2) is 0 Å². The standard InChI is InChI=1S/C18H26O/c19-18-16(14-8-3-1-4-9-14)12-7-13-17(18)15-10-5-2-6-11-15/h8,10,16-17H,1-7,9,11-13H2. The Morgan fingerprint density at radius 2 is 1.26 bits per heavy atom. The summed E-state index contributed by atoms with van der Waals surface area (Å²) in [5.74, 6) is 1.12. The second-order valence-corrected chi connectivity index (χ2v) is 6.49. The summed E-state index contributed by atoms with van der Waals surface area (Å²) in [5.41, 5.74) is 2.97. The van der Waals surface area contributed by atoms with Crippen LogP contribution >= 0.6 is 0 Å². The fourth-order valence-electron chi connectivity index (χ4n) is 4.15. The lowest BCUT2D eigenvalue weighted by Crippen LogP contribution is -2.31. The van der Waals surface area contributed by atoms with E-state index in [2.05, 4.69) is 12.2 Å². The first-order valence-electron chi connectivity index (χ1n) is 8.28. The van der Waals surface area contributed by atoms with Gasteiger partial charge in [0.25, 0.3) is 0 Å². The van der Waals surface area contributed by atoms with Crippen molar-refractivity contribution in [2.45, 2.75) is 70.6 Å². The zero-order valence-electron chi connectivity index (χ0n) is 12.0. The van der Waals surface area contributed by atoms with Crippen LogP contribution in [0.3, 0.4) is 0 Å². The predicted molar refractivity (Wildman–Crippen MR) is 78.9 cm³/mol. The van der Waals surface area contributed by atoms with E-state index in [-0.39, 0.29) is 11.8 Å². The minimum Gasteiger partial charge on any atom is -0.298 e. The van der Waals surface area contributed by atoms with Crippen LogP contribution in [-0.2, 0) is 4.79 Å². The van der Waals surface area contributed by atoms with E-state index in [9.17, 15) is 4.79 Å². The molecule has 2 atom stereocenters. The molecular formula is C18H26O. The van der Waals surface area contributed by atoms with Gasteiger partial charge in [0.05, 0.1) is 0 Å². The molecule has 19 heavy (non-hydrogen) atoms. The Bertz CT molecular complexity index is 366. The Hall–Kier alpha value is -0.850. The third-order valence-corrected chi connectivity index (χ3v) is 5.22. The highest BCUT2D eigenvalue weighted by Gasteiger charge is 2.35. The number of hydrogen-bond donors (Lipinski definition) is 0. The van der Waals surface area contributed by atoms with Crippen LogP contribution in [0.25, 0.3) is 0 Å². The molecule has 1 fully saturated rings. The first-order chi connectivity index (χ1) is 9.36. The van der Waals surface area contributed by atoms with Crippen molar-refractivity contribution in [3.8, 4) is 0 Å². The van der Waals surface area contributed by atoms with Crippen LogP contribution in [0.5, 0.6) is 0 Å². The smallest absolute Gasteiger partial charge is 0.147 e. The van der Waals surface area contributed by atoms with Gasteiger partial charge in [-0.3, -0.25) is 4.79 Å². The molecule has 0 heterocycles. The van der Waals surface area contributed by atoms with Gasteiger partial charge in [0.2, 0.25) is 0 Å². The molecule has 0 aromatic heterocycles. The highest BCUT2D eigenvalue weighted by Crippen LogP contribution is 2.39. The molecule has 0 N–H and O–H groups in total. The van der Waals surface area contributed by atoms with Gasteiger partial charge in [-0.2, -0.15) is 0 Å². The first-order valence-corrected chi connectivity index (χ1v) is 8.28. The molecular weight excluding hydrogens is 232 g/mol. The number of Topliss-reactive ketones (excluding diaryl/α,β-unsaturated/α-hetero) is 1. The molecule has 0 aliphatic heterocycles. The Morgan fingerprint density at radius 1 is 0.737 bits per heavy atom. The van der Waals surface area contributed by atoms with Crippen LogP contribution in [0.2, 0.25) is 0 Å². The number of ketones is 1. The van der Waals surface area contributed by atoms with E-state index < -0.39 is 0 Å². The van der Waals surface area contributed by atoms with Crippen molar-refractivity contribution in [2.75, 3.05) is 0 Å². The van der Waals surface area contributed by atoms with Gasteiger partial charge in [0, 0.05) is 11.8 Å². The lowest BCUT2D eigenvalue weighted by molar-refractivity contribution is -0.126. The van der Waals surface area contributed by atoms with Gasteiger partial charge in [-0.15, -0.1) is 0 Å². The molecule has 3 rings (SSSR count). The number of rotatable bonds is 2. The summed E-state index contributed by atoms with van der Waals surface area (Å²) < 4.78 is 0. The summed E-state index contributed by atoms with van der Waals surface area (Å²) in [5, 5.41) is 0. The SMILES string of the molecule is O=C1C(C2=CCCCC2)CCCC1C1=CCCCC1. The van der Waals surface area contributed by atoms with E-state index in [4.69, 9.17) is 0 Å². The number of hydrogen-bond acceptors (Lipinski definition) is 1. The Balaban J connectivity index is 1.75. The normalized spacial score (nSPS) is 32.7. The highest BCUT2D eigenvalue weighted by molar-refractivity contribution is 5.89. The van der Waals surface area contributed by atoms with Crippen molar-refractivity contribution >= 4 is 5.78 Å². The molecule has 0 aromatic carbocycles. The molecule has 1 saturated carbocycles. The van der Waals surface area contributed by atoms with Crippen LogP contribution < -0.4 is 0 Å². The number of carbonyl (C=O) groups excluding carboxylic acids is 1. The van der Waals surface area contributed by atoms with Crippen LogP contribution in [0, 0.1) is 11.8 Å². The minimum absolute atomic E-state index is 0.280. The molecule has 0 amide bonds. The van der Waals surface area contributed by atoms with Crippen molar-refractivity contribution in [1.29, 1.82) is 0 Å². The molecule has 0 radical (unpaired) electrons. The van der Waals surface area contributed by atoms with E-state index in [0.29, 0.717) is 5.78 Å². The lowest BCUT2D eigenvalue weighted by Gasteiger charge is -2.33. The first kappa shape index (κ1) is 13.1. The van der Waals surface area contributed by atoms with Crippen LogP contribution in [-0.4, -0.2) is 5.78 Å². The average molecular weight is 258 g/mol. The van der Waals surface area contributed by atoms with Gasteiger partial charge >= 0.3 is 0 Å². The Morgan fingerprint density at radius 3 is 1.68 bits per heavy atom. The van der Waals surface area contributed by atoms with Gasteiger partial charge in [-0.05, 0) is 64.2 Å². The van der Waals surface area contributed by atoms with Gasteiger partial charge in [0.1, 0.15) is 5.78 Å². The van der Waals surface area contributed by atoms with Crippen LogP contribution in [0.1, 0.15) is 70.6 Å². The third-order valence-electron chi connectivity index (χ3n) is 5.22. The summed E-state index contributed by atoms with van der Waals surface area (Å²) in [6.07, 6.45) is 18.2. The molecule has 3 aliphatic rings. The summed E-state index contributed by atoms with van der Waals surface area (Å²) in [6.45, 7) is 0. The zero-order valence-corrected chi connectivity index (χ0v) is 12.0. The largest absolute Gasteiger partial charge is 0.298 e. The van der Waals surface area contributed by atoms with E-state index in [1.165, 1.54) is 68.9 Å².